The van der Waals surface area contributed by atoms with Crippen LogP contribution in [0.2, 0.25) is 0 Å². The lowest BCUT2D eigenvalue weighted by Gasteiger charge is -2.03. The average molecular weight is 279 g/mol. The van der Waals surface area contributed by atoms with E-state index in [1.54, 1.807) is 13.0 Å². The Morgan fingerprint density at radius 2 is 2.30 bits per heavy atom. The van der Waals surface area contributed by atoms with E-state index < -0.39 is 16.7 Å². The van der Waals surface area contributed by atoms with Crippen LogP contribution in [0.1, 0.15) is 21.9 Å². The van der Waals surface area contributed by atoms with E-state index >= 15 is 0 Å². The van der Waals surface area contributed by atoms with E-state index in [4.69, 9.17) is 14.4 Å². The van der Waals surface area contributed by atoms with Gasteiger partial charge in [-0.05, 0) is 22.0 Å². The number of pyridine rings is 1. The minimum absolute atomic E-state index is 0.0334. The second-order valence-electron chi connectivity index (χ2n) is 3.80. The normalized spacial score (nSPS) is 10.2. The fourth-order valence-electron chi connectivity index (χ4n) is 1.40. The standard InChI is InChI=1S/C11H9N3O6/c1-6-2-3-9(10(12-6)14(17)18)19-5-7-4-8(11(15)16)13-20-7/h2-4H,5H2,1H3,(H,15,16). The largest absolute Gasteiger partial charge is 0.477 e. The van der Waals surface area contributed by atoms with E-state index in [1.807, 2.05) is 0 Å². The topological polar surface area (TPSA) is 129 Å². The van der Waals surface area contributed by atoms with Gasteiger partial charge in [0.2, 0.25) is 5.75 Å². The van der Waals surface area contributed by atoms with Gasteiger partial charge in [0.15, 0.2) is 11.5 Å². The van der Waals surface area contributed by atoms with Crippen LogP contribution in [0.5, 0.6) is 5.75 Å². The van der Waals surface area contributed by atoms with Gasteiger partial charge >= 0.3 is 11.8 Å². The molecule has 2 aromatic rings. The van der Waals surface area contributed by atoms with Gasteiger partial charge in [-0.2, -0.15) is 0 Å². The van der Waals surface area contributed by atoms with Crippen molar-refractivity contribution < 1.29 is 24.1 Å². The summed E-state index contributed by atoms with van der Waals surface area (Å²) < 4.78 is 9.93. The molecule has 2 heterocycles. The van der Waals surface area contributed by atoms with E-state index in [0.29, 0.717) is 5.69 Å². The van der Waals surface area contributed by atoms with Crippen molar-refractivity contribution in [2.24, 2.45) is 0 Å². The molecule has 0 saturated heterocycles. The molecular weight excluding hydrogens is 270 g/mol. The summed E-state index contributed by atoms with van der Waals surface area (Å²) >= 11 is 0. The summed E-state index contributed by atoms with van der Waals surface area (Å²) in [5.41, 5.74) is 0.219. The summed E-state index contributed by atoms with van der Waals surface area (Å²) in [6, 6.07) is 4.15. The van der Waals surface area contributed by atoms with Crippen LogP contribution in [-0.4, -0.2) is 26.1 Å². The first kappa shape index (κ1) is 13.5. The van der Waals surface area contributed by atoms with E-state index in [-0.39, 0.29) is 23.8 Å². The van der Waals surface area contributed by atoms with Crippen LogP contribution in [0.4, 0.5) is 5.82 Å². The molecule has 1 N–H and O–H groups in total. The fraction of sp³-hybridized carbons (Fsp3) is 0.182. The second kappa shape index (κ2) is 5.34. The molecule has 0 fully saturated rings. The summed E-state index contributed by atoms with van der Waals surface area (Å²) in [5, 5.41) is 22.8. The number of hydrogen-bond acceptors (Lipinski definition) is 7. The van der Waals surface area contributed by atoms with Crippen LogP contribution in [0.15, 0.2) is 22.7 Å². The quantitative estimate of drug-likeness (QED) is 0.644. The maximum atomic E-state index is 10.8. The maximum Gasteiger partial charge on any atom is 0.406 e. The van der Waals surface area contributed by atoms with Crippen LogP contribution in [0, 0.1) is 17.0 Å². The van der Waals surface area contributed by atoms with E-state index in [9.17, 15) is 14.9 Å². The van der Waals surface area contributed by atoms with Gasteiger partial charge in [-0.1, -0.05) is 5.16 Å². The molecule has 0 aromatic carbocycles. The van der Waals surface area contributed by atoms with Crippen molar-refractivity contribution in [3.8, 4) is 5.75 Å². The first-order valence-corrected chi connectivity index (χ1v) is 5.41. The first-order chi connectivity index (χ1) is 9.47. The Morgan fingerprint density at radius 3 is 2.90 bits per heavy atom. The van der Waals surface area contributed by atoms with Crippen LogP contribution >= 0.6 is 0 Å². The predicted octanol–water partition coefficient (Wildman–Crippen LogP) is 1.56. The number of ether oxygens (including phenoxy) is 1. The highest BCUT2D eigenvalue weighted by Crippen LogP contribution is 2.25. The molecule has 0 spiro atoms. The maximum absolute atomic E-state index is 10.8. The van der Waals surface area contributed by atoms with E-state index in [2.05, 4.69) is 10.1 Å². The van der Waals surface area contributed by atoms with E-state index in [1.165, 1.54) is 12.1 Å². The summed E-state index contributed by atoms with van der Waals surface area (Å²) in [7, 11) is 0. The van der Waals surface area contributed by atoms with Gasteiger partial charge in [-0.15, -0.1) is 0 Å². The van der Waals surface area contributed by atoms with Crippen LogP contribution in [0.25, 0.3) is 0 Å². The molecular formula is C11H9N3O6. The van der Waals surface area contributed by atoms with Gasteiger partial charge in [-0.25, -0.2) is 4.79 Å². The number of carboxylic acids is 1. The summed E-state index contributed by atoms with van der Waals surface area (Å²) in [4.78, 5) is 24.5. The van der Waals surface area contributed by atoms with Crippen LogP contribution < -0.4 is 4.74 Å². The third-order valence-corrected chi connectivity index (χ3v) is 2.30. The number of nitro groups is 1. The fourth-order valence-corrected chi connectivity index (χ4v) is 1.40. The van der Waals surface area contributed by atoms with Crippen molar-refractivity contribution in [1.29, 1.82) is 0 Å². The van der Waals surface area contributed by atoms with E-state index in [0.717, 1.165) is 0 Å². The zero-order valence-electron chi connectivity index (χ0n) is 10.3. The number of hydrogen-bond donors (Lipinski definition) is 1. The van der Waals surface area contributed by atoms with Crippen molar-refractivity contribution in [3.63, 3.8) is 0 Å². The third kappa shape index (κ3) is 2.88. The minimum atomic E-state index is -1.23. The highest BCUT2D eigenvalue weighted by atomic mass is 16.6. The number of carboxylic acid groups (broad SMARTS) is 1. The van der Waals surface area contributed by atoms with Crippen LogP contribution in [-0.2, 0) is 6.61 Å². The van der Waals surface area contributed by atoms with Gasteiger partial charge in [0.1, 0.15) is 12.3 Å². The lowest BCUT2D eigenvalue weighted by molar-refractivity contribution is -0.390. The van der Waals surface area contributed by atoms with Crippen LogP contribution in [0.3, 0.4) is 0 Å². The molecule has 9 heteroatoms. The number of aryl methyl sites for hydroxylation is 1. The molecule has 0 aliphatic rings. The highest BCUT2D eigenvalue weighted by Gasteiger charge is 2.18. The molecule has 0 atom stereocenters. The zero-order chi connectivity index (χ0) is 14.7. The molecule has 0 amide bonds. The average Bonchev–Trinajstić information content (AvgIpc) is 2.86. The van der Waals surface area contributed by atoms with Gasteiger partial charge in [-0.3, -0.25) is 0 Å². The van der Waals surface area contributed by atoms with Gasteiger partial charge < -0.3 is 24.5 Å². The molecule has 0 saturated carbocycles. The smallest absolute Gasteiger partial charge is 0.406 e. The Kier molecular flexibility index (Phi) is 3.60. The summed E-state index contributed by atoms with van der Waals surface area (Å²) in [5.74, 6) is -1.54. The first-order valence-electron chi connectivity index (χ1n) is 5.41. The Bertz CT molecular complexity index is 666. The molecule has 0 bridgehead atoms. The van der Waals surface area contributed by atoms with Gasteiger partial charge in [0.25, 0.3) is 0 Å². The number of carbonyl (C=O) groups is 1. The molecule has 0 aliphatic heterocycles. The van der Waals surface area contributed by atoms with Gasteiger partial charge in [0, 0.05) is 13.0 Å². The van der Waals surface area contributed by atoms with Crippen molar-refractivity contribution in [1.82, 2.24) is 10.1 Å². The number of aromatic carboxylic acids is 1. The Hall–Kier alpha value is -2.97. The number of aromatic nitrogens is 2. The molecule has 0 unspecified atom stereocenters. The number of rotatable bonds is 5. The molecule has 9 nitrogen and oxygen atoms in total. The zero-order valence-corrected chi connectivity index (χ0v) is 10.3. The Balaban J connectivity index is 2.14. The third-order valence-electron chi connectivity index (χ3n) is 2.30. The minimum Gasteiger partial charge on any atom is -0.477 e. The summed E-state index contributed by atoms with van der Waals surface area (Å²) in [6.45, 7) is 1.43. The second-order valence-corrected chi connectivity index (χ2v) is 3.80. The van der Waals surface area contributed by atoms with Crippen molar-refractivity contribution in [3.05, 3.63) is 45.5 Å². The van der Waals surface area contributed by atoms with Crippen molar-refractivity contribution in [2.75, 3.05) is 0 Å². The SMILES string of the molecule is Cc1ccc(OCc2cc(C(=O)O)no2)c([N+](=O)[O-])n1. The molecule has 0 radical (unpaired) electrons. The monoisotopic (exact) mass is 279 g/mol. The predicted molar refractivity (Wildman–Crippen MR) is 63.4 cm³/mol. The highest BCUT2D eigenvalue weighted by molar-refractivity contribution is 5.85. The molecule has 2 aromatic heterocycles. The molecule has 104 valence electrons. The molecule has 2 rings (SSSR count). The Labute approximate surface area is 111 Å². The number of nitrogens with zero attached hydrogens (tertiary/aromatic N) is 3. The summed E-state index contributed by atoms with van der Waals surface area (Å²) in [6.07, 6.45) is 0. The lowest BCUT2D eigenvalue weighted by atomic mass is 10.3. The van der Waals surface area contributed by atoms with Gasteiger partial charge in [0.05, 0.1) is 0 Å². The van der Waals surface area contributed by atoms with Crippen molar-refractivity contribution >= 4 is 11.8 Å². The Morgan fingerprint density at radius 1 is 1.55 bits per heavy atom. The molecule has 0 aliphatic carbocycles. The lowest BCUT2D eigenvalue weighted by Crippen LogP contribution is -2.01. The molecule has 20 heavy (non-hydrogen) atoms. The van der Waals surface area contributed by atoms with Crippen molar-refractivity contribution in [2.45, 2.75) is 13.5 Å².